The molecule has 39 heavy (non-hydrogen) atoms. The molecule has 0 spiro atoms. The molecule has 1 fully saturated rings. The Bertz CT molecular complexity index is 1510. The molecule has 1 saturated heterocycles. The first-order valence-electron chi connectivity index (χ1n) is 12.8. The number of hydrogen-bond donors (Lipinski definition) is 2. The minimum Gasteiger partial charge on any atom is -0.369 e. The van der Waals surface area contributed by atoms with Gasteiger partial charge >= 0.3 is 0 Å². The normalized spacial score (nSPS) is 15.5. The third kappa shape index (κ3) is 5.34. The zero-order valence-electron chi connectivity index (χ0n) is 21.2. The van der Waals surface area contributed by atoms with Crippen molar-refractivity contribution in [2.75, 3.05) is 49.5 Å². The number of fused-ring (bicyclic) bond motifs is 1. The molecule has 2 N–H and O–H groups in total. The number of benzene rings is 2. The van der Waals surface area contributed by atoms with E-state index in [0.29, 0.717) is 47.2 Å². The van der Waals surface area contributed by atoms with Gasteiger partial charge in [-0.3, -0.25) is 19.2 Å². The van der Waals surface area contributed by atoms with Crippen LogP contribution in [0, 0.1) is 5.82 Å². The van der Waals surface area contributed by atoms with Crippen LogP contribution < -0.4 is 15.5 Å². The largest absolute Gasteiger partial charge is 0.369 e. The maximum atomic E-state index is 13.2. The molecule has 0 saturated carbocycles. The molecule has 11 heteroatoms. The van der Waals surface area contributed by atoms with E-state index in [0.717, 1.165) is 31.9 Å². The Morgan fingerprint density at radius 2 is 1.77 bits per heavy atom. The molecule has 4 heterocycles. The second-order valence-electron chi connectivity index (χ2n) is 9.49. The van der Waals surface area contributed by atoms with Crippen molar-refractivity contribution in [1.29, 1.82) is 0 Å². The van der Waals surface area contributed by atoms with Crippen molar-refractivity contribution in [3.8, 4) is 22.8 Å². The number of anilines is 2. The first-order chi connectivity index (χ1) is 19.0. The van der Waals surface area contributed by atoms with Crippen LogP contribution in [0.3, 0.4) is 0 Å². The second kappa shape index (κ2) is 10.6. The first kappa shape index (κ1) is 24.7. The van der Waals surface area contributed by atoms with Gasteiger partial charge in [0, 0.05) is 50.2 Å². The molecule has 4 aromatic rings. The molecule has 2 aliphatic rings. The summed E-state index contributed by atoms with van der Waals surface area (Å²) in [4.78, 5) is 38.6. The number of carbonyl (C=O) groups is 2. The maximum absolute atomic E-state index is 13.2. The lowest BCUT2D eigenvalue weighted by molar-refractivity contribution is -0.117. The van der Waals surface area contributed by atoms with Gasteiger partial charge in [0.2, 0.25) is 5.91 Å². The van der Waals surface area contributed by atoms with E-state index >= 15 is 0 Å². The lowest BCUT2D eigenvalue weighted by atomic mass is 10.1. The summed E-state index contributed by atoms with van der Waals surface area (Å²) >= 11 is 0. The molecule has 6 rings (SSSR count). The van der Waals surface area contributed by atoms with Crippen LogP contribution in [0.1, 0.15) is 10.5 Å². The lowest BCUT2D eigenvalue weighted by Gasteiger charge is -2.35. The smallest absolute Gasteiger partial charge is 0.269 e. The van der Waals surface area contributed by atoms with Gasteiger partial charge in [-0.05, 0) is 48.5 Å². The van der Waals surface area contributed by atoms with Crippen LogP contribution in [0.5, 0.6) is 0 Å². The van der Waals surface area contributed by atoms with Crippen molar-refractivity contribution in [2.45, 2.75) is 6.54 Å². The van der Waals surface area contributed by atoms with Crippen molar-refractivity contribution in [2.24, 2.45) is 0 Å². The van der Waals surface area contributed by atoms with Gasteiger partial charge in [0.15, 0.2) is 5.82 Å². The van der Waals surface area contributed by atoms with Crippen molar-refractivity contribution in [3.63, 3.8) is 0 Å². The van der Waals surface area contributed by atoms with Crippen LogP contribution in [0.4, 0.5) is 15.8 Å². The Morgan fingerprint density at radius 1 is 0.974 bits per heavy atom. The van der Waals surface area contributed by atoms with E-state index in [1.54, 1.807) is 35.1 Å². The van der Waals surface area contributed by atoms with Gasteiger partial charge in [-0.25, -0.2) is 14.4 Å². The summed E-state index contributed by atoms with van der Waals surface area (Å²) in [7, 11) is 0. The van der Waals surface area contributed by atoms with Crippen molar-refractivity contribution in [1.82, 2.24) is 30.0 Å². The number of aromatic nitrogens is 4. The zero-order valence-corrected chi connectivity index (χ0v) is 21.2. The highest BCUT2D eigenvalue weighted by Crippen LogP contribution is 2.27. The van der Waals surface area contributed by atoms with Crippen molar-refractivity contribution >= 4 is 23.2 Å². The minimum atomic E-state index is -0.249. The second-order valence-corrected chi connectivity index (χ2v) is 9.49. The zero-order chi connectivity index (χ0) is 26.8. The Balaban J connectivity index is 1.13. The van der Waals surface area contributed by atoms with Gasteiger partial charge in [-0.1, -0.05) is 12.1 Å². The summed E-state index contributed by atoms with van der Waals surface area (Å²) in [5.74, 6) is -0.0755. The fourth-order valence-electron chi connectivity index (χ4n) is 4.89. The van der Waals surface area contributed by atoms with Crippen molar-refractivity contribution in [3.05, 3.63) is 78.4 Å². The number of piperazine rings is 1. The van der Waals surface area contributed by atoms with E-state index in [1.807, 2.05) is 24.3 Å². The molecule has 0 aliphatic carbocycles. The standard InChI is InChI=1S/C28H27FN8O2/c29-19-5-7-20(8-6-19)36-15-13-35(14-16-36)18-26(38)32-22-4-2-1-3-21(22)27-30-10-9-23(33-27)24-17-25-28(39)31-11-12-37(25)34-24/h1-10,17H,11-16,18H2,(H,31,39)(H,32,38). The summed E-state index contributed by atoms with van der Waals surface area (Å²) in [6.07, 6.45) is 1.65. The number of amides is 2. The molecule has 10 nitrogen and oxygen atoms in total. The predicted molar refractivity (Wildman–Crippen MR) is 145 cm³/mol. The highest BCUT2D eigenvalue weighted by atomic mass is 19.1. The highest BCUT2D eigenvalue weighted by Gasteiger charge is 2.22. The minimum absolute atomic E-state index is 0.123. The van der Waals surface area contributed by atoms with Crippen LogP contribution >= 0.6 is 0 Å². The van der Waals surface area contributed by atoms with Crippen LogP contribution in [-0.2, 0) is 11.3 Å². The van der Waals surface area contributed by atoms with Crippen LogP contribution in [-0.4, -0.2) is 75.7 Å². The Kier molecular flexibility index (Phi) is 6.72. The van der Waals surface area contributed by atoms with E-state index in [4.69, 9.17) is 4.98 Å². The number of nitrogens with one attached hydrogen (secondary N) is 2. The number of hydrogen-bond acceptors (Lipinski definition) is 7. The van der Waals surface area contributed by atoms with E-state index in [2.05, 4.69) is 30.5 Å². The number of rotatable bonds is 6. The van der Waals surface area contributed by atoms with Gasteiger partial charge in [-0.15, -0.1) is 0 Å². The Morgan fingerprint density at radius 3 is 2.56 bits per heavy atom. The van der Waals surface area contributed by atoms with Gasteiger partial charge in [0.25, 0.3) is 5.91 Å². The third-order valence-electron chi connectivity index (χ3n) is 6.91. The van der Waals surface area contributed by atoms with Gasteiger partial charge in [-0.2, -0.15) is 5.10 Å². The molecule has 0 bridgehead atoms. The van der Waals surface area contributed by atoms with E-state index < -0.39 is 0 Å². The molecule has 2 aromatic heterocycles. The lowest BCUT2D eigenvalue weighted by Crippen LogP contribution is -2.48. The molecule has 0 radical (unpaired) electrons. The van der Waals surface area contributed by atoms with Gasteiger partial charge < -0.3 is 15.5 Å². The first-order valence-corrected chi connectivity index (χ1v) is 12.8. The summed E-state index contributed by atoms with van der Waals surface area (Å²) in [5, 5.41) is 10.4. The topological polar surface area (TPSA) is 108 Å². The van der Waals surface area contributed by atoms with E-state index in [9.17, 15) is 14.0 Å². The molecular formula is C28H27FN8O2. The third-order valence-corrected chi connectivity index (χ3v) is 6.91. The summed E-state index contributed by atoms with van der Waals surface area (Å²) < 4.78 is 14.9. The molecule has 198 valence electrons. The fraction of sp³-hybridized carbons (Fsp3) is 0.250. The predicted octanol–water partition coefficient (Wildman–Crippen LogP) is 2.65. The number of nitrogens with zero attached hydrogens (tertiary/aromatic N) is 6. The van der Waals surface area contributed by atoms with Gasteiger partial charge in [0.05, 0.1) is 24.5 Å². The Hall–Kier alpha value is -4.64. The molecule has 2 amide bonds. The molecule has 0 unspecified atom stereocenters. The highest BCUT2D eigenvalue weighted by molar-refractivity contribution is 5.96. The molecule has 2 aromatic carbocycles. The molecular weight excluding hydrogens is 499 g/mol. The monoisotopic (exact) mass is 526 g/mol. The SMILES string of the molecule is O=C(CN1CCN(c2ccc(F)cc2)CC1)Nc1ccccc1-c1nccc(-c2cc3n(n2)CCNC3=O)n1. The van der Waals surface area contributed by atoms with Crippen LogP contribution in [0.25, 0.3) is 22.8 Å². The summed E-state index contributed by atoms with van der Waals surface area (Å²) in [5.41, 5.74) is 3.98. The fourth-order valence-corrected chi connectivity index (χ4v) is 4.89. The van der Waals surface area contributed by atoms with E-state index in [-0.39, 0.29) is 24.2 Å². The number of carbonyl (C=O) groups excluding carboxylic acids is 2. The molecule has 2 aliphatic heterocycles. The maximum Gasteiger partial charge on any atom is 0.269 e. The van der Waals surface area contributed by atoms with Crippen LogP contribution in [0.2, 0.25) is 0 Å². The summed E-state index contributed by atoms with van der Waals surface area (Å²) in [6, 6.07) is 17.4. The van der Waals surface area contributed by atoms with E-state index in [1.165, 1.54) is 12.1 Å². The van der Waals surface area contributed by atoms with Crippen LogP contribution in [0.15, 0.2) is 66.9 Å². The van der Waals surface area contributed by atoms with Gasteiger partial charge in [0.1, 0.15) is 17.2 Å². The molecule has 0 atom stereocenters. The Labute approximate surface area is 224 Å². The number of halogens is 1. The van der Waals surface area contributed by atoms with Crippen molar-refractivity contribution < 1.29 is 14.0 Å². The quantitative estimate of drug-likeness (QED) is 0.398. The average Bonchev–Trinajstić information content (AvgIpc) is 3.40. The summed E-state index contributed by atoms with van der Waals surface area (Å²) in [6.45, 7) is 4.38. The average molecular weight is 527 g/mol. The number of para-hydroxylation sites is 1.